The zero-order valence-corrected chi connectivity index (χ0v) is 17.3. The van der Waals surface area contributed by atoms with Gasteiger partial charge in [0.15, 0.2) is 0 Å². The fourth-order valence-electron chi connectivity index (χ4n) is 6.52. The number of halogens is 1. The van der Waals surface area contributed by atoms with Gasteiger partial charge in [-0.25, -0.2) is 0 Å². The Labute approximate surface area is 173 Å². The number of benzene rings is 2. The molecular weight excluding hydrogens is 370 g/mol. The van der Waals surface area contributed by atoms with E-state index in [0.29, 0.717) is 12.5 Å². The molecule has 2 aromatic rings. The predicted molar refractivity (Wildman–Crippen MR) is 113 cm³/mol. The maximum Gasteiger partial charge on any atom is 0.311 e. The van der Waals surface area contributed by atoms with Crippen LogP contribution in [0, 0.1) is 11.3 Å². The van der Waals surface area contributed by atoms with Crippen LogP contribution in [0.15, 0.2) is 48.5 Å². The van der Waals surface area contributed by atoms with Crippen LogP contribution in [-0.4, -0.2) is 24.2 Å². The molecule has 6 rings (SSSR count). The van der Waals surface area contributed by atoms with Crippen molar-refractivity contribution in [2.75, 3.05) is 13.1 Å². The van der Waals surface area contributed by atoms with Gasteiger partial charge in [0.1, 0.15) is 0 Å². The minimum absolute atomic E-state index is 0. The Kier molecular flexibility index (Phi) is 4.59. The second kappa shape index (κ2) is 6.60. The summed E-state index contributed by atoms with van der Waals surface area (Å²) in [6.07, 6.45) is 1.99. The number of aliphatic carboxylic acids is 1. The molecule has 0 amide bonds. The first kappa shape index (κ1) is 19.5. The highest BCUT2D eigenvalue weighted by atomic mass is 35.5. The SMILES string of the molecule is CC(C)c1ccc(C23CCC(c4ccccc42)C2(C(=O)O)CNCC32)cc1.Cl. The molecule has 2 bridgehead atoms. The molecule has 0 aromatic heterocycles. The maximum atomic E-state index is 12.6. The summed E-state index contributed by atoms with van der Waals surface area (Å²) in [5, 5.41) is 13.9. The highest BCUT2D eigenvalue weighted by molar-refractivity contribution is 5.85. The van der Waals surface area contributed by atoms with Crippen molar-refractivity contribution in [2.45, 2.75) is 43.9 Å². The third-order valence-corrected chi connectivity index (χ3v) is 7.74. The summed E-state index contributed by atoms with van der Waals surface area (Å²) in [6, 6.07) is 17.6. The summed E-state index contributed by atoms with van der Waals surface area (Å²) in [4.78, 5) is 12.6. The van der Waals surface area contributed by atoms with E-state index < -0.39 is 11.4 Å². The molecule has 2 aromatic carbocycles. The van der Waals surface area contributed by atoms with Crippen LogP contribution in [0.25, 0.3) is 0 Å². The molecule has 148 valence electrons. The van der Waals surface area contributed by atoms with Crippen LogP contribution in [0.5, 0.6) is 0 Å². The molecule has 4 unspecified atom stereocenters. The number of nitrogens with one attached hydrogen (secondary N) is 1. The van der Waals surface area contributed by atoms with E-state index in [1.54, 1.807) is 0 Å². The number of hydrogen-bond donors (Lipinski definition) is 2. The lowest BCUT2D eigenvalue weighted by Crippen LogP contribution is -2.60. The van der Waals surface area contributed by atoms with Gasteiger partial charge in [0.25, 0.3) is 0 Å². The molecule has 0 spiro atoms. The average molecular weight is 398 g/mol. The van der Waals surface area contributed by atoms with Crippen LogP contribution in [-0.2, 0) is 10.2 Å². The number of carbonyl (C=O) groups is 1. The Morgan fingerprint density at radius 2 is 1.86 bits per heavy atom. The summed E-state index contributed by atoms with van der Waals surface area (Å²) in [5.41, 5.74) is 4.36. The van der Waals surface area contributed by atoms with Gasteiger partial charge in [0.05, 0.1) is 5.41 Å². The first-order valence-corrected chi connectivity index (χ1v) is 10.2. The molecule has 4 heteroatoms. The lowest BCUT2D eigenvalue weighted by atomic mass is 9.42. The van der Waals surface area contributed by atoms with Crippen molar-refractivity contribution in [1.82, 2.24) is 5.32 Å². The van der Waals surface area contributed by atoms with Gasteiger partial charge in [0.2, 0.25) is 0 Å². The van der Waals surface area contributed by atoms with Gasteiger partial charge in [-0.15, -0.1) is 12.4 Å². The van der Waals surface area contributed by atoms with Crippen molar-refractivity contribution in [2.24, 2.45) is 11.3 Å². The summed E-state index contributed by atoms with van der Waals surface area (Å²) in [7, 11) is 0. The summed E-state index contributed by atoms with van der Waals surface area (Å²) < 4.78 is 0. The van der Waals surface area contributed by atoms with Crippen molar-refractivity contribution in [3.8, 4) is 0 Å². The first-order chi connectivity index (χ1) is 13.0. The molecule has 28 heavy (non-hydrogen) atoms. The second-order valence-electron chi connectivity index (χ2n) is 8.96. The molecule has 1 aliphatic heterocycles. The van der Waals surface area contributed by atoms with Crippen LogP contribution in [0.3, 0.4) is 0 Å². The number of carboxylic acid groups (broad SMARTS) is 1. The Hall–Kier alpha value is -1.84. The van der Waals surface area contributed by atoms with E-state index in [-0.39, 0.29) is 29.7 Å². The quantitative estimate of drug-likeness (QED) is 0.789. The van der Waals surface area contributed by atoms with E-state index in [9.17, 15) is 9.90 Å². The molecule has 3 nitrogen and oxygen atoms in total. The Balaban J connectivity index is 0.00000192. The molecule has 2 N–H and O–H groups in total. The van der Waals surface area contributed by atoms with Crippen molar-refractivity contribution >= 4 is 18.4 Å². The lowest BCUT2D eigenvalue weighted by molar-refractivity contribution is -0.157. The van der Waals surface area contributed by atoms with E-state index in [0.717, 1.165) is 19.4 Å². The van der Waals surface area contributed by atoms with E-state index in [1.807, 2.05) is 0 Å². The van der Waals surface area contributed by atoms with E-state index in [1.165, 1.54) is 22.3 Å². The van der Waals surface area contributed by atoms with Crippen molar-refractivity contribution in [3.05, 3.63) is 70.8 Å². The molecule has 1 saturated heterocycles. The molecule has 1 saturated carbocycles. The molecular formula is C24H28ClNO2. The van der Waals surface area contributed by atoms with Crippen LogP contribution in [0.4, 0.5) is 0 Å². The third-order valence-electron chi connectivity index (χ3n) is 7.74. The molecule has 0 radical (unpaired) electrons. The summed E-state index contributed by atoms with van der Waals surface area (Å²) in [5.74, 6) is 0.0844. The third kappa shape index (κ3) is 2.23. The van der Waals surface area contributed by atoms with Gasteiger partial charge in [-0.2, -0.15) is 0 Å². The molecule has 4 atom stereocenters. The van der Waals surface area contributed by atoms with Gasteiger partial charge < -0.3 is 10.4 Å². The van der Waals surface area contributed by atoms with Crippen LogP contribution >= 0.6 is 12.4 Å². The largest absolute Gasteiger partial charge is 0.481 e. The Morgan fingerprint density at radius 3 is 2.54 bits per heavy atom. The van der Waals surface area contributed by atoms with Gasteiger partial charge in [-0.1, -0.05) is 62.4 Å². The van der Waals surface area contributed by atoms with Crippen LogP contribution in [0.2, 0.25) is 0 Å². The predicted octanol–water partition coefficient (Wildman–Crippen LogP) is 4.70. The fourth-order valence-corrected chi connectivity index (χ4v) is 6.52. The zero-order chi connectivity index (χ0) is 18.8. The minimum Gasteiger partial charge on any atom is -0.481 e. The second-order valence-corrected chi connectivity index (χ2v) is 8.96. The van der Waals surface area contributed by atoms with E-state index in [4.69, 9.17) is 0 Å². The number of rotatable bonds is 3. The maximum absolute atomic E-state index is 12.6. The lowest BCUT2D eigenvalue weighted by Gasteiger charge is -2.59. The van der Waals surface area contributed by atoms with Crippen molar-refractivity contribution in [1.29, 1.82) is 0 Å². The molecule has 4 aliphatic rings. The van der Waals surface area contributed by atoms with E-state index in [2.05, 4.69) is 67.7 Å². The van der Waals surface area contributed by atoms with Gasteiger partial charge >= 0.3 is 5.97 Å². The Bertz CT molecular complexity index is 909. The minimum atomic E-state index is -0.691. The first-order valence-electron chi connectivity index (χ1n) is 10.2. The van der Waals surface area contributed by atoms with Gasteiger partial charge in [0, 0.05) is 30.3 Å². The topological polar surface area (TPSA) is 49.3 Å². The fraction of sp³-hybridized carbons (Fsp3) is 0.458. The van der Waals surface area contributed by atoms with Gasteiger partial charge in [-0.05, 0) is 41.0 Å². The molecule has 3 aliphatic carbocycles. The number of fused-ring (bicyclic) bond motifs is 1. The highest BCUT2D eigenvalue weighted by Crippen LogP contribution is 2.67. The van der Waals surface area contributed by atoms with Gasteiger partial charge in [-0.3, -0.25) is 4.79 Å². The van der Waals surface area contributed by atoms with Crippen LogP contribution < -0.4 is 5.32 Å². The standard InChI is InChI=1S/C24H27NO2.ClH/c1-15(2)16-7-9-17(10-8-16)23-12-11-20(18-5-3-4-6-19(18)23)24(22(26)27)14-25-13-21(23)24;/h3-10,15,20-21,25H,11-14H2,1-2H3,(H,26,27);1H. The Morgan fingerprint density at radius 1 is 1.14 bits per heavy atom. The average Bonchev–Trinajstić information content (AvgIpc) is 3.16. The smallest absolute Gasteiger partial charge is 0.311 e. The zero-order valence-electron chi connectivity index (χ0n) is 16.4. The highest BCUT2D eigenvalue weighted by Gasteiger charge is 2.68. The molecule has 2 fully saturated rings. The van der Waals surface area contributed by atoms with Crippen LogP contribution in [0.1, 0.15) is 60.8 Å². The summed E-state index contributed by atoms with van der Waals surface area (Å²) >= 11 is 0. The van der Waals surface area contributed by atoms with E-state index >= 15 is 0 Å². The van der Waals surface area contributed by atoms with Crippen molar-refractivity contribution < 1.29 is 9.90 Å². The normalized spacial score (nSPS) is 32.5. The monoisotopic (exact) mass is 397 g/mol. The van der Waals surface area contributed by atoms with Crippen molar-refractivity contribution in [3.63, 3.8) is 0 Å². The molecule has 1 heterocycles. The number of hydrogen-bond acceptors (Lipinski definition) is 2. The summed E-state index contributed by atoms with van der Waals surface area (Å²) in [6.45, 7) is 5.79. The number of carboxylic acids is 1.